The number of aliphatic hydroxyl groups excluding tert-OH is 1. The van der Waals surface area contributed by atoms with Crippen molar-refractivity contribution >= 4 is 25.3 Å². The maximum Gasteiger partial charge on any atom is 0.362 e. The molecule has 122 valence electrons. The van der Waals surface area contributed by atoms with Gasteiger partial charge in [0, 0.05) is 5.02 Å². The van der Waals surface area contributed by atoms with Gasteiger partial charge in [-0.2, -0.15) is 0 Å². The van der Waals surface area contributed by atoms with E-state index in [4.69, 9.17) is 20.6 Å². The van der Waals surface area contributed by atoms with Gasteiger partial charge >= 0.3 is 7.60 Å². The Balaban J connectivity index is 2.81. The van der Waals surface area contributed by atoms with E-state index in [1.807, 2.05) is 24.3 Å². The Morgan fingerprint density at radius 1 is 1.27 bits per heavy atom. The van der Waals surface area contributed by atoms with Crippen LogP contribution in [0.5, 0.6) is 0 Å². The zero-order valence-electron chi connectivity index (χ0n) is 13.0. The number of hydrogen-bond acceptors (Lipinski definition) is 4. The average molecular weight is 345 g/mol. The van der Waals surface area contributed by atoms with Crippen LogP contribution in [-0.4, -0.2) is 24.2 Å². The van der Waals surface area contributed by atoms with E-state index < -0.39 is 13.4 Å². The molecule has 0 fully saturated rings. The monoisotopic (exact) mass is 344 g/mol. The predicted molar refractivity (Wildman–Crippen MR) is 91.1 cm³/mol. The number of benzene rings is 1. The van der Waals surface area contributed by atoms with Crippen molar-refractivity contribution in [3.05, 3.63) is 52.6 Å². The first kappa shape index (κ1) is 19.1. The van der Waals surface area contributed by atoms with Crippen LogP contribution in [0.2, 0.25) is 5.02 Å². The van der Waals surface area contributed by atoms with Gasteiger partial charge in [0.1, 0.15) is 0 Å². The van der Waals surface area contributed by atoms with E-state index in [0.717, 1.165) is 11.1 Å². The van der Waals surface area contributed by atoms with Crippen molar-refractivity contribution in [2.45, 2.75) is 26.6 Å². The lowest BCUT2D eigenvalue weighted by Gasteiger charge is -2.20. The number of halogens is 1. The average Bonchev–Trinajstić information content (AvgIpc) is 2.47. The largest absolute Gasteiger partial charge is 0.377 e. The van der Waals surface area contributed by atoms with Crippen LogP contribution in [0, 0.1) is 0 Å². The fourth-order valence-electron chi connectivity index (χ4n) is 1.73. The van der Waals surface area contributed by atoms with Gasteiger partial charge in [-0.1, -0.05) is 41.5 Å². The van der Waals surface area contributed by atoms with Gasteiger partial charge in [0.15, 0.2) is 5.85 Å². The van der Waals surface area contributed by atoms with Crippen LogP contribution in [0.15, 0.2) is 42.0 Å². The van der Waals surface area contributed by atoms with Crippen LogP contribution in [-0.2, 0) is 13.6 Å². The van der Waals surface area contributed by atoms with Crippen molar-refractivity contribution in [2.24, 2.45) is 0 Å². The molecule has 0 amide bonds. The van der Waals surface area contributed by atoms with Crippen molar-refractivity contribution in [3.8, 4) is 0 Å². The molecule has 1 atom stereocenters. The van der Waals surface area contributed by atoms with Gasteiger partial charge in [0.25, 0.3) is 0 Å². The van der Waals surface area contributed by atoms with Gasteiger partial charge < -0.3 is 14.2 Å². The predicted octanol–water partition coefficient (Wildman–Crippen LogP) is 4.88. The second-order valence-corrected chi connectivity index (χ2v) is 7.15. The highest BCUT2D eigenvalue weighted by molar-refractivity contribution is 7.54. The van der Waals surface area contributed by atoms with Gasteiger partial charge in [-0.05, 0) is 44.5 Å². The van der Waals surface area contributed by atoms with Gasteiger partial charge in [-0.3, -0.25) is 4.57 Å². The normalized spacial score (nSPS) is 14.5. The first-order valence-electron chi connectivity index (χ1n) is 7.10. The molecular formula is C16H22ClO4P. The topological polar surface area (TPSA) is 55.8 Å². The Morgan fingerprint density at radius 2 is 1.82 bits per heavy atom. The Hall–Kier alpha value is -0.900. The summed E-state index contributed by atoms with van der Waals surface area (Å²) in [5.74, 6) is -1.29. The van der Waals surface area contributed by atoms with Gasteiger partial charge in [-0.15, -0.1) is 0 Å². The van der Waals surface area contributed by atoms with Crippen molar-refractivity contribution in [2.75, 3.05) is 13.2 Å². The highest BCUT2D eigenvalue weighted by Gasteiger charge is 2.32. The molecule has 0 aromatic heterocycles. The van der Waals surface area contributed by atoms with Gasteiger partial charge in [0.2, 0.25) is 0 Å². The molecule has 1 unspecified atom stereocenters. The molecular weight excluding hydrogens is 323 g/mol. The van der Waals surface area contributed by atoms with Crippen molar-refractivity contribution in [1.29, 1.82) is 0 Å². The van der Waals surface area contributed by atoms with E-state index in [9.17, 15) is 9.67 Å². The summed E-state index contributed by atoms with van der Waals surface area (Å²) in [6.45, 7) is 5.63. The van der Waals surface area contributed by atoms with Crippen LogP contribution in [0.1, 0.15) is 26.3 Å². The lowest BCUT2D eigenvalue weighted by atomic mass is 10.1. The minimum Gasteiger partial charge on any atom is -0.377 e. The molecule has 0 aliphatic heterocycles. The highest BCUT2D eigenvalue weighted by atomic mass is 35.5. The molecule has 1 N–H and O–H groups in total. The van der Waals surface area contributed by atoms with Crippen molar-refractivity contribution in [3.63, 3.8) is 0 Å². The number of hydrogen-bond donors (Lipinski definition) is 1. The summed E-state index contributed by atoms with van der Waals surface area (Å²) < 4.78 is 22.6. The van der Waals surface area contributed by atoms with Crippen LogP contribution in [0.4, 0.5) is 0 Å². The smallest absolute Gasteiger partial charge is 0.362 e. The Kier molecular flexibility index (Phi) is 8.08. The first-order chi connectivity index (χ1) is 10.4. The summed E-state index contributed by atoms with van der Waals surface area (Å²) >= 11 is 5.83. The third-order valence-corrected chi connectivity index (χ3v) is 5.05. The number of allylic oxidation sites excluding steroid dienone is 2. The molecule has 22 heavy (non-hydrogen) atoms. The van der Waals surface area contributed by atoms with Crippen molar-refractivity contribution < 1.29 is 18.7 Å². The minimum absolute atomic E-state index is 0.210. The summed E-state index contributed by atoms with van der Waals surface area (Å²) in [7, 11) is -3.54. The van der Waals surface area contributed by atoms with E-state index in [1.54, 1.807) is 32.9 Å². The second kappa shape index (κ2) is 9.29. The minimum atomic E-state index is -3.54. The molecule has 0 radical (unpaired) electrons. The van der Waals surface area contributed by atoms with E-state index >= 15 is 0 Å². The second-order valence-electron chi connectivity index (χ2n) is 4.58. The van der Waals surface area contributed by atoms with Crippen LogP contribution < -0.4 is 0 Å². The molecule has 0 spiro atoms. The van der Waals surface area contributed by atoms with E-state index in [2.05, 4.69) is 0 Å². The van der Waals surface area contributed by atoms with Gasteiger partial charge in [0.05, 0.1) is 13.2 Å². The third-order valence-electron chi connectivity index (χ3n) is 2.76. The standard InChI is InChI=1S/C16H22ClO4P/c1-4-20-22(19,21-5-2)16(18)12-13(3)6-7-14-8-10-15(17)11-9-14/h6-12,16,18H,4-5H2,1-3H3/b7-6+,13-12+. The molecule has 0 bridgehead atoms. The maximum atomic E-state index is 12.4. The summed E-state index contributed by atoms with van der Waals surface area (Å²) in [6.07, 6.45) is 5.16. The molecule has 0 aliphatic rings. The molecule has 1 aromatic rings. The Bertz CT molecular complexity index is 556. The Labute approximate surface area is 136 Å². The zero-order chi connectivity index (χ0) is 16.6. The first-order valence-corrected chi connectivity index (χ1v) is 9.09. The summed E-state index contributed by atoms with van der Waals surface area (Å²) in [4.78, 5) is 0. The molecule has 1 aromatic carbocycles. The summed E-state index contributed by atoms with van der Waals surface area (Å²) in [5.41, 5.74) is 1.73. The zero-order valence-corrected chi connectivity index (χ0v) is 14.7. The highest BCUT2D eigenvalue weighted by Crippen LogP contribution is 2.52. The lowest BCUT2D eigenvalue weighted by molar-refractivity contribution is 0.168. The number of aliphatic hydroxyl groups is 1. The Morgan fingerprint density at radius 3 is 2.32 bits per heavy atom. The van der Waals surface area contributed by atoms with E-state index in [-0.39, 0.29) is 13.2 Å². The summed E-state index contributed by atoms with van der Waals surface area (Å²) in [6, 6.07) is 7.36. The van der Waals surface area contributed by atoms with Crippen LogP contribution in [0.25, 0.3) is 6.08 Å². The molecule has 0 saturated heterocycles. The summed E-state index contributed by atoms with van der Waals surface area (Å²) in [5, 5.41) is 10.8. The molecule has 4 nitrogen and oxygen atoms in total. The van der Waals surface area contributed by atoms with Crippen LogP contribution in [0.3, 0.4) is 0 Å². The molecule has 0 saturated carbocycles. The lowest BCUT2D eigenvalue weighted by Crippen LogP contribution is -2.10. The third kappa shape index (κ3) is 6.07. The van der Waals surface area contributed by atoms with E-state index in [1.165, 1.54) is 6.08 Å². The van der Waals surface area contributed by atoms with E-state index in [0.29, 0.717) is 5.02 Å². The SMILES string of the molecule is CCOP(=O)(OCC)C(O)/C=C(C)/C=C/c1ccc(Cl)cc1. The fourth-order valence-corrected chi connectivity index (χ4v) is 3.38. The van der Waals surface area contributed by atoms with Crippen molar-refractivity contribution in [1.82, 2.24) is 0 Å². The molecule has 6 heteroatoms. The van der Waals surface area contributed by atoms with Gasteiger partial charge in [-0.25, -0.2) is 0 Å². The van der Waals surface area contributed by atoms with Crippen LogP contribution >= 0.6 is 19.2 Å². The molecule has 1 rings (SSSR count). The quantitative estimate of drug-likeness (QED) is 0.539. The molecule has 0 heterocycles. The maximum absolute atomic E-state index is 12.4. The number of rotatable bonds is 8. The molecule has 0 aliphatic carbocycles. The fraction of sp³-hybridized carbons (Fsp3) is 0.375.